The summed E-state index contributed by atoms with van der Waals surface area (Å²) in [6.07, 6.45) is 6.04. The molecule has 0 aromatic heterocycles. The highest BCUT2D eigenvalue weighted by Crippen LogP contribution is 2.00. The van der Waals surface area contributed by atoms with Crippen molar-refractivity contribution in [2.75, 3.05) is 13.6 Å². The molecular weight excluding hydrogens is 136 g/mol. The smallest absolute Gasteiger partial charge is 0.0369 e. The van der Waals surface area contributed by atoms with Crippen LogP contribution in [0.3, 0.4) is 0 Å². The Morgan fingerprint density at radius 1 is 1.55 bits per heavy atom. The second-order valence-corrected chi connectivity index (χ2v) is 2.35. The van der Waals surface area contributed by atoms with Gasteiger partial charge in [-0.1, -0.05) is 13.0 Å². The average molecular weight is 154 g/mol. The Kier molecular flexibility index (Phi) is 7.05. The Morgan fingerprint density at radius 3 is 2.73 bits per heavy atom. The largest absolute Gasteiger partial charge is 0.319 e. The molecule has 0 amide bonds. The molecule has 0 radical (unpaired) electrons. The van der Waals surface area contributed by atoms with Crippen LogP contribution in [-0.2, 0) is 0 Å². The third-order valence-electron chi connectivity index (χ3n) is 1.40. The Bertz CT molecular complexity index is 136. The Balaban J connectivity index is 3.68. The van der Waals surface area contributed by atoms with Crippen LogP contribution in [0.25, 0.3) is 0 Å². The van der Waals surface area contributed by atoms with Crippen molar-refractivity contribution in [1.29, 1.82) is 0 Å². The van der Waals surface area contributed by atoms with Crippen molar-refractivity contribution < 1.29 is 0 Å². The van der Waals surface area contributed by atoms with Crippen LogP contribution in [-0.4, -0.2) is 19.8 Å². The molecule has 0 aliphatic carbocycles. The fraction of sp³-hybridized carbons (Fsp3) is 0.667. The van der Waals surface area contributed by atoms with E-state index in [0.717, 1.165) is 19.4 Å². The SMILES string of the molecule is C/C=C(/CCNC)N=CCC. The zero-order chi connectivity index (χ0) is 8.53. The number of nitrogens with zero attached hydrogens (tertiary/aromatic N) is 1. The van der Waals surface area contributed by atoms with Crippen molar-refractivity contribution in [2.24, 2.45) is 4.99 Å². The highest BCUT2D eigenvalue weighted by atomic mass is 14.8. The van der Waals surface area contributed by atoms with Gasteiger partial charge in [0.25, 0.3) is 0 Å². The lowest BCUT2D eigenvalue weighted by Crippen LogP contribution is -2.07. The lowest BCUT2D eigenvalue weighted by molar-refractivity contribution is 0.780. The zero-order valence-corrected chi connectivity index (χ0v) is 7.72. The monoisotopic (exact) mass is 154 g/mol. The van der Waals surface area contributed by atoms with Crippen LogP contribution in [0.15, 0.2) is 16.8 Å². The average Bonchev–Trinajstić information content (AvgIpc) is 2.05. The van der Waals surface area contributed by atoms with Gasteiger partial charge in [0.2, 0.25) is 0 Å². The van der Waals surface area contributed by atoms with Gasteiger partial charge in [-0.05, 0) is 20.4 Å². The molecule has 1 N–H and O–H groups in total. The fourth-order valence-electron chi connectivity index (χ4n) is 0.745. The first-order chi connectivity index (χ1) is 5.35. The topological polar surface area (TPSA) is 24.4 Å². The maximum absolute atomic E-state index is 4.29. The molecule has 0 bridgehead atoms. The van der Waals surface area contributed by atoms with Gasteiger partial charge in [0.1, 0.15) is 0 Å². The maximum Gasteiger partial charge on any atom is 0.0369 e. The number of nitrogens with one attached hydrogen (secondary N) is 1. The minimum Gasteiger partial charge on any atom is -0.319 e. The van der Waals surface area contributed by atoms with Crippen molar-refractivity contribution in [3.63, 3.8) is 0 Å². The highest BCUT2D eigenvalue weighted by Gasteiger charge is 1.89. The van der Waals surface area contributed by atoms with E-state index in [-0.39, 0.29) is 0 Å². The van der Waals surface area contributed by atoms with Gasteiger partial charge in [0.15, 0.2) is 0 Å². The van der Waals surface area contributed by atoms with Crippen LogP contribution in [0.1, 0.15) is 26.7 Å². The van der Waals surface area contributed by atoms with Gasteiger partial charge in [-0.25, -0.2) is 0 Å². The molecule has 0 rings (SSSR count). The quantitative estimate of drug-likeness (QED) is 0.602. The van der Waals surface area contributed by atoms with E-state index in [4.69, 9.17) is 0 Å². The molecule has 0 aromatic rings. The van der Waals surface area contributed by atoms with Gasteiger partial charge in [-0.2, -0.15) is 0 Å². The summed E-state index contributed by atoms with van der Waals surface area (Å²) in [5, 5.41) is 3.09. The van der Waals surface area contributed by atoms with E-state index in [1.165, 1.54) is 5.70 Å². The molecule has 0 spiro atoms. The van der Waals surface area contributed by atoms with Crippen molar-refractivity contribution in [2.45, 2.75) is 26.7 Å². The predicted molar refractivity (Wildman–Crippen MR) is 51.1 cm³/mol. The summed E-state index contributed by atoms with van der Waals surface area (Å²) >= 11 is 0. The Labute approximate surface area is 69.4 Å². The number of hydrogen-bond acceptors (Lipinski definition) is 2. The van der Waals surface area contributed by atoms with Gasteiger partial charge in [0, 0.05) is 24.9 Å². The van der Waals surface area contributed by atoms with Crippen LogP contribution in [0, 0.1) is 0 Å². The van der Waals surface area contributed by atoms with E-state index in [1.54, 1.807) is 0 Å². The molecule has 0 atom stereocenters. The molecule has 0 saturated heterocycles. The normalized spacial score (nSPS) is 12.8. The number of rotatable bonds is 5. The molecule has 2 heteroatoms. The molecule has 0 heterocycles. The van der Waals surface area contributed by atoms with Crippen LogP contribution in [0.4, 0.5) is 0 Å². The minimum absolute atomic E-state index is 1.00. The predicted octanol–water partition coefficient (Wildman–Crippen LogP) is 1.98. The van der Waals surface area contributed by atoms with E-state index in [2.05, 4.69) is 23.3 Å². The second-order valence-electron chi connectivity index (χ2n) is 2.35. The fourth-order valence-corrected chi connectivity index (χ4v) is 0.745. The Hall–Kier alpha value is -0.630. The van der Waals surface area contributed by atoms with Crippen molar-refractivity contribution in [3.8, 4) is 0 Å². The van der Waals surface area contributed by atoms with E-state index in [0.29, 0.717) is 0 Å². The number of allylic oxidation sites excluding steroid dienone is 1. The zero-order valence-electron chi connectivity index (χ0n) is 7.72. The number of hydrogen-bond donors (Lipinski definition) is 1. The molecular formula is C9H18N2. The molecule has 0 aromatic carbocycles. The standard InChI is InChI=1S/C9H18N2/c1-4-7-11-9(5-2)6-8-10-3/h5,7,10H,4,6,8H2,1-3H3/b9-5-,11-7?. The van der Waals surface area contributed by atoms with Crippen molar-refractivity contribution in [1.82, 2.24) is 5.32 Å². The van der Waals surface area contributed by atoms with Gasteiger partial charge in [-0.3, -0.25) is 4.99 Å². The third kappa shape index (κ3) is 5.80. The minimum atomic E-state index is 1.00. The summed E-state index contributed by atoms with van der Waals surface area (Å²) in [4.78, 5) is 4.29. The van der Waals surface area contributed by atoms with Crippen LogP contribution in [0.2, 0.25) is 0 Å². The highest BCUT2D eigenvalue weighted by molar-refractivity contribution is 5.58. The second kappa shape index (κ2) is 7.48. The lowest BCUT2D eigenvalue weighted by atomic mass is 10.3. The summed E-state index contributed by atoms with van der Waals surface area (Å²) in [6, 6.07) is 0. The van der Waals surface area contributed by atoms with Crippen LogP contribution in [0.5, 0.6) is 0 Å². The van der Waals surface area contributed by atoms with E-state index in [9.17, 15) is 0 Å². The summed E-state index contributed by atoms with van der Waals surface area (Å²) in [5.41, 5.74) is 1.17. The molecule has 0 fully saturated rings. The van der Waals surface area contributed by atoms with Gasteiger partial charge in [-0.15, -0.1) is 0 Å². The van der Waals surface area contributed by atoms with Crippen molar-refractivity contribution >= 4 is 6.21 Å². The summed E-state index contributed by atoms with van der Waals surface area (Å²) in [6.45, 7) is 5.12. The van der Waals surface area contributed by atoms with Crippen LogP contribution < -0.4 is 5.32 Å². The molecule has 11 heavy (non-hydrogen) atoms. The molecule has 0 saturated carbocycles. The molecule has 64 valence electrons. The van der Waals surface area contributed by atoms with E-state index >= 15 is 0 Å². The van der Waals surface area contributed by atoms with Gasteiger partial charge < -0.3 is 5.32 Å². The number of aliphatic imine (C=N–C) groups is 1. The third-order valence-corrected chi connectivity index (χ3v) is 1.40. The van der Waals surface area contributed by atoms with Crippen molar-refractivity contribution in [3.05, 3.63) is 11.8 Å². The first kappa shape index (κ1) is 10.4. The van der Waals surface area contributed by atoms with Gasteiger partial charge in [0.05, 0.1) is 0 Å². The maximum atomic E-state index is 4.29. The molecule has 0 aliphatic rings. The molecule has 0 unspecified atom stereocenters. The summed E-state index contributed by atoms with van der Waals surface area (Å²) in [5.74, 6) is 0. The lowest BCUT2D eigenvalue weighted by Gasteiger charge is -1.98. The summed E-state index contributed by atoms with van der Waals surface area (Å²) in [7, 11) is 1.96. The van der Waals surface area contributed by atoms with E-state index < -0.39 is 0 Å². The molecule has 2 nitrogen and oxygen atoms in total. The first-order valence-electron chi connectivity index (χ1n) is 4.17. The first-order valence-corrected chi connectivity index (χ1v) is 4.17. The summed E-state index contributed by atoms with van der Waals surface area (Å²) < 4.78 is 0. The van der Waals surface area contributed by atoms with Gasteiger partial charge >= 0.3 is 0 Å². The van der Waals surface area contributed by atoms with Crippen LogP contribution >= 0.6 is 0 Å². The van der Waals surface area contributed by atoms with E-state index in [1.807, 2.05) is 20.2 Å². The molecule has 0 aliphatic heterocycles. The Morgan fingerprint density at radius 2 is 2.27 bits per heavy atom.